The molecule has 0 unspecified atom stereocenters. The number of aryl methyl sites for hydroxylation is 2. The van der Waals surface area contributed by atoms with Crippen molar-refractivity contribution in [1.82, 2.24) is 10.2 Å². The number of unbranched alkanes of at least 4 members (excludes halogenated alkanes) is 1. The summed E-state index contributed by atoms with van der Waals surface area (Å²) in [6.45, 7) is 9.12. The molecule has 0 saturated carbocycles. The van der Waals surface area contributed by atoms with Crippen molar-refractivity contribution in [2.45, 2.75) is 58.9 Å². The van der Waals surface area contributed by atoms with Crippen molar-refractivity contribution < 1.29 is 9.59 Å². The summed E-state index contributed by atoms with van der Waals surface area (Å²) in [7, 11) is 0. The minimum atomic E-state index is -0.505. The van der Waals surface area contributed by atoms with Crippen LogP contribution in [0.1, 0.15) is 48.9 Å². The van der Waals surface area contributed by atoms with Crippen LogP contribution >= 0.6 is 11.8 Å². The number of carbonyl (C=O) groups is 2. The Balaban J connectivity index is 2.04. The van der Waals surface area contributed by atoms with Crippen LogP contribution < -0.4 is 5.32 Å². The van der Waals surface area contributed by atoms with Crippen molar-refractivity contribution in [1.29, 1.82) is 0 Å². The van der Waals surface area contributed by atoms with Crippen LogP contribution in [0.25, 0.3) is 0 Å². The predicted octanol–water partition coefficient (Wildman–Crippen LogP) is 4.87. The molecule has 0 bridgehead atoms. The summed E-state index contributed by atoms with van der Waals surface area (Å²) in [5, 5.41) is 2.96. The van der Waals surface area contributed by atoms with Crippen molar-refractivity contribution >= 4 is 23.6 Å². The number of nitrogens with zero attached hydrogens (tertiary/aromatic N) is 1. The molecule has 0 aliphatic heterocycles. The molecule has 2 aromatic carbocycles. The van der Waals surface area contributed by atoms with Crippen LogP contribution in [0.3, 0.4) is 0 Å². The molecule has 162 valence electrons. The van der Waals surface area contributed by atoms with E-state index in [0.717, 1.165) is 24.2 Å². The fourth-order valence-corrected chi connectivity index (χ4v) is 4.10. The van der Waals surface area contributed by atoms with Gasteiger partial charge in [-0.1, -0.05) is 67.4 Å². The quantitative estimate of drug-likeness (QED) is 0.522. The molecule has 0 fully saturated rings. The van der Waals surface area contributed by atoms with Gasteiger partial charge >= 0.3 is 0 Å². The topological polar surface area (TPSA) is 49.4 Å². The molecule has 5 heteroatoms. The SMILES string of the molecule is CCCCNC(=O)[C@@H](C)N(Cc1ccc(C)cc1)C(=O)CSCc1ccccc1C. The summed E-state index contributed by atoms with van der Waals surface area (Å²) < 4.78 is 0. The Morgan fingerprint density at radius 2 is 1.77 bits per heavy atom. The average Bonchev–Trinajstić information content (AvgIpc) is 2.74. The highest BCUT2D eigenvalue weighted by Gasteiger charge is 2.25. The van der Waals surface area contributed by atoms with Gasteiger partial charge in [0.1, 0.15) is 6.04 Å². The van der Waals surface area contributed by atoms with Gasteiger partial charge in [0.15, 0.2) is 0 Å². The minimum absolute atomic E-state index is 0.00713. The fourth-order valence-electron chi connectivity index (χ4n) is 3.11. The molecule has 0 aromatic heterocycles. The largest absolute Gasteiger partial charge is 0.354 e. The van der Waals surface area contributed by atoms with E-state index in [0.29, 0.717) is 18.8 Å². The van der Waals surface area contributed by atoms with Crippen molar-refractivity contribution in [2.75, 3.05) is 12.3 Å². The van der Waals surface area contributed by atoms with Crippen molar-refractivity contribution in [3.05, 3.63) is 70.8 Å². The maximum absolute atomic E-state index is 13.1. The first-order chi connectivity index (χ1) is 14.4. The van der Waals surface area contributed by atoms with E-state index in [9.17, 15) is 9.59 Å². The van der Waals surface area contributed by atoms with E-state index in [4.69, 9.17) is 0 Å². The number of thioether (sulfide) groups is 1. The second kappa shape index (κ2) is 12.4. The lowest BCUT2D eigenvalue weighted by atomic mass is 10.1. The zero-order valence-electron chi connectivity index (χ0n) is 18.6. The van der Waals surface area contributed by atoms with E-state index in [1.807, 2.05) is 50.2 Å². The third-order valence-electron chi connectivity index (χ3n) is 5.21. The molecule has 0 heterocycles. The summed E-state index contributed by atoms with van der Waals surface area (Å²) in [5.41, 5.74) is 4.69. The van der Waals surface area contributed by atoms with Gasteiger partial charge in [0.05, 0.1) is 5.75 Å². The number of nitrogens with one attached hydrogen (secondary N) is 1. The standard InChI is InChI=1S/C25H34N2O2S/c1-5-6-15-26-25(29)21(4)27(16-22-13-11-19(2)12-14-22)24(28)18-30-17-23-10-8-7-9-20(23)3/h7-14,21H,5-6,15-18H2,1-4H3,(H,26,29)/t21-/m1/s1. The Morgan fingerprint density at radius 3 is 2.43 bits per heavy atom. The molecule has 30 heavy (non-hydrogen) atoms. The highest BCUT2D eigenvalue weighted by atomic mass is 32.2. The van der Waals surface area contributed by atoms with Gasteiger partial charge in [-0.15, -0.1) is 11.8 Å². The third kappa shape index (κ3) is 7.52. The molecule has 0 aliphatic carbocycles. The number of hydrogen-bond acceptors (Lipinski definition) is 3. The molecule has 2 rings (SSSR count). The third-order valence-corrected chi connectivity index (χ3v) is 6.18. The smallest absolute Gasteiger partial charge is 0.242 e. The number of rotatable bonds is 11. The van der Waals surface area contributed by atoms with Crippen LogP contribution in [0.4, 0.5) is 0 Å². The zero-order chi connectivity index (χ0) is 21.9. The summed E-state index contributed by atoms with van der Waals surface area (Å²) in [6, 6.07) is 15.9. The Kier molecular flexibility index (Phi) is 9.95. The van der Waals surface area contributed by atoms with E-state index >= 15 is 0 Å². The number of benzene rings is 2. The molecule has 0 saturated heterocycles. The van der Waals surface area contributed by atoms with Gasteiger partial charge in [-0.2, -0.15) is 0 Å². The molecule has 0 aliphatic rings. The van der Waals surface area contributed by atoms with E-state index in [1.165, 1.54) is 16.7 Å². The number of carbonyl (C=O) groups excluding carboxylic acids is 2. The van der Waals surface area contributed by atoms with Crippen LogP contribution in [0.15, 0.2) is 48.5 Å². The molecule has 2 aromatic rings. The first kappa shape index (κ1) is 24.0. The Morgan fingerprint density at radius 1 is 1.07 bits per heavy atom. The van der Waals surface area contributed by atoms with Crippen LogP contribution in [-0.2, 0) is 21.9 Å². The summed E-state index contributed by atoms with van der Waals surface area (Å²) >= 11 is 1.60. The molecule has 1 atom stereocenters. The second-order valence-corrected chi connectivity index (χ2v) is 8.73. The fraction of sp³-hybridized carbons (Fsp3) is 0.440. The lowest BCUT2D eigenvalue weighted by molar-refractivity contribution is -0.138. The summed E-state index contributed by atoms with van der Waals surface area (Å²) in [5.74, 6) is 1.04. The van der Waals surface area contributed by atoms with Gasteiger partial charge in [0.2, 0.25) is 11.8 Å². The molecule has 0 radical (unpaired) electrons. The monoisotopic (exact) mass is 426 g/mol. The van der Waals surface area contributed by atoms with Gasteiger partial charge < -0.3 is 10.2 Å². The maximum atomic E-state index is 13.1. The van der Waals surface area contributed by atoms with E-state index in [1.54, 1.807) is 16.7 Å². The molecule has 4 nitrogen and oxygen atoms in total. The minimum Gasteiger partial charge on any atom is -0.354 e. The summed E-state index contributed by atoms with van der Waals surface area (Å²) in [6.07, 6.45) is 1.97. The number of amides is 2. The first-order valence-corrected chi connectivity index (χ1v) is 11.8. The van der Waals surface area contributed by atoms with Crippen molar-refractivity contribution in [2.24, 2.45) is 0 Å². The van der Waals surface area contributed by atoms with Crippen molar-refractivity contribution in [3.8, 4) is 0 Å². The highest BCUT2D eigenvalue weighted by Crippen LogP contribution is 2.18. The Labute approximate surface area is 185 Å². The van der Waals surface area contributed by atoms with Gasteiger partial charge in [-0.25, -0.2) is 0 Å². The van der Waals surface area contributed by atoms with Gasteiger partial charge in [0.25, 0.3) is 0 Å². The average molecular weight is 427 g/mol. The maximum Gasteiger partial charge on any atom is 0.242 e. The summed E-state index contributed by atoms with van der Waals surface area (Å²) in [4.78, 5) is 27.4. The normalized spacial score (nSPS) is 11.7. The Hall–Kier alpha value is -2.27. The number of hydrogen-bond donors (Lipinski definition) is 1. The van der Waals surface area contributed by atoms with Crippen LogP contribution in [-0.4, -0.2) is 35.1 Å². The second-order valence-electron chi connectivity index (χ2n) is 7.75. The Bertz CT molecular complexity index is 820. The van der Waals surface area contributed by atoms with Crippen LogP contribution in [0.5, 0.6) is 0 Å². The van der Waals surface area contributed by atoms with Crippen molar-refractivity contribution in [3.63, 3.8) is 0 Å². The van der Waals surface area contributed by atoms with E-state index in [2.05, 4.69) is 31.3 Å². The predicted molar refractivity (Wildman–Crippen MR) is 126 cm³/mol. The van der Waals surface area contributed by atoms with Gasteiger partial charge in [-0.3, -0.25) is 9.59 Å². The van der Waals surface area contributed by atoms with Crippen LogP contribution in [0.2, 0.25) is 0 Å². The lowest BCUT2D eigenvalue weighted by Gasteiger charge is -2.29. The van der Waals surface area contributed by atoms with E-state index in [-0.39, 0.29) is 11.8 Å². The van der Waals surface area contributed by atoms with Gasteiger partial charge in [-0.05, 0) is 43.9 Å². The zero-order valence-corrected chi connectivity index (χ0v) is 19.4. The van der Waals surface area contributed by atoms with E-state index < -0.39 is 6.04 Å². The lowest BCUT2D eigenvalue weighted by Crippen LogP contribution is -2.48. The first-order valence-electron chi connectivity index (χ1n) is 10.7. The molecule has 2 amide bonds. The molecular formula is C25H34N2O2S. The molecule has 0 spiro atoms. The molecular weight excluding hydrogens is 392 g/mol. The molecule has 1 N–H and O–H groups in total. The van der Waals surface area contributed by atoms with Gasteiger partial charge in [0, 0.05) is 18.8 Å². The van der Waals surface area contributed by atoms with Crippen LogP contribution in [0, 0.1) is 13.8 Å². The highest BCUT2D eigenvalue weighted by molar-refractivity contribution is 7.99.